The summed E-state index contributed by atoms with van der Waals surface area (Å²) in [6.45, 7) is 0.931. The number of aryl methyl sites for hydroxylation is 1. The van der Waals surface area contributed by atoms with Crippen molar-refractivity contribution in [1.29, 1.82) is 0 Å². The molecule has 0 N–H and O–H groups in total. The molecule has 5 rings (SSSR count). The van der Waals surface area contributed by atoms with Crippen LogP contribution in [0.2, 0.25) is 0 Å². The van der Waals surface area contributed by atoms with Crippen molar-refractivity contribution in [3.05, 3.63) is 96.4 Å². The van der Waals surface area contributed by atoms with E-state index in [1.165, 1.54) is 0 Å². The zero-order chi connectivity index (χ0) is 22.6. The van der Waals surface area contributed by atoms with Gasteiger partial charge in [0.1, 0.15) is 6.61 Å². The normalized spacial score (nSPS) is 11.1. The SMILES string of the molecule is COCc1cc2ccccc2nc1-c1ccc(COc2nn(C)cc2-c2ccncc2)cc1. The van der Waals surface area contributed by atoms with Crippen LogP contribution in [0.5, 0.6) is 5.88 Å². The fourth-order valence-electron chi connectivity index (χ4n) is 3.89. The van der Waals surface area contributed by atoms with E-state index in [4.69, 9.17) is 14.5 Å². The summed E-state index contributed by atoms with van der Waals surface area (Å²) in [5.41, 5.74) is 7.05. The number of para-hydroxylation sites is 1. The molecule has 6 nitrogen and oxygen atoms in total. The molecule has 3 heterocycles. The van der Waals surface area contributed by atoms with Gasteiger partial charge in [-0.3, -0.25) is 9.67 Å². The Hall–Kier alpha value is -4.03. The highest BCUT2D eigenvalue weighted by molar-refractivity contribution is 5.83. The Balaban J connectivity index is 1.38. The molecule has 2 aromatic carbocycles. The van der Waals surface area contributed by atoms with Crippen LogP contribution in [0.3, 0.4) is 0 Å². The van der Waals surface area contributed by atoms with Crippen LogP contribution in [-0.4, -0.2) is 26.9 Å². The Kier molecular flexibility index (Phi) is 5.83. The maximum Gasteiger partial charge on any atom is 0.241 e. The van der Waals surface area contributed by atoms with Crippen LogP contribution in [0.1, 0.15) is 11.1 Å². The molecule has 6 heteroatoms. The summed E-state index contributed by atoms with van der Waals surface area (Å²) in [6.07, 6.45) is 5.49. The number of hydrogen-bond donors (Lipinski definition) is 0. The van der Waals surface area contributed by atoms with Gasteiger partial charge in [0.2, 0.25) is 5.88 Å². The van der Waals surface area contributed by atoms with E-state index in [0.29, 0.717) is 19.1 Å². The van der Waals surface area contributed by atoms with Gasteiger partial charge in [-0.2, -0.15) is 0 Å². The van der Waals surface area contributed by atoms with Gasteiger partial charge < -0.3 is 9.47 Å². The first kappa shape index (κ1) is 20.8. The predicted molar refractivity (Wildman–Crippen MR) is 129 cm³/mol. The molecule has 0 radical (unpaired) electrons. The van der Waals surface area contributed by atoms with Crippen LogP contribution in [0, 0.1) is 0 Å². The second-order valence-electron chi connectivity index (χ2n) is 7.86. The number of hydrogen-bond acceptors (Lipinski definition) is 5. The van der Waals surface area contributed by atoms with E-state index in [1.807, 2.05) is 43.6 Å². The Morgan fingerprint density at radius 3 is 2.45 bits per heavy atom. The molecule has 3 aromatic heterocycles. The van der Waals surface area contributed by atoms with E-state index in [2.05, 4.69) is 46.5 Å². The summed E-state index contributed by atoms with van der Waals surface area (Å²) in [5, 5.41) is 5.59. The van der Waals surface area contributed by atoms with Crippen molar-refractivity contribution in [2.75, 3.05) is 7.11 Å². The molecule has 0 saturated heterocycles. The van der Waals surface area contributed by atoms with Gasteiger partial charge in [0, 0.05) is 49.3 Å². The molecule has 0 atom stereocenters. The smallest absolute Gasteiger partial charge is 0.241 e. The van der Waals surface area contributed by atoms with Crippen LogP contribution in [0.15, 0.2) is 85.3 Å². The van der Waals surface area contributed by atoms with E-state index >= 15 is 0 Å². The first-order valence-electron chi connectivity index (χ1n) is 10.7. The van der Waals surface area contributed by atoms with Crippen LogP contribution in [0.25, 0.3) is 33.3 Å². The molecule has 0 fully saturated rings. The number of rotatable bonds is 7. The molecule has 164 valence electrons. The van der Waals surface area contributed by atoms with E-state index in [-0.39, 0.29) is 0 Å². The summed E-state index contributed by atoms with van der Waals surface area (Å²) in [5.74, 6) is 0.603. The molecule has 0 aliphatic carbocycles. The second kappa shape index (κ2) is 9.22. The topological polar surface area (TPSA) is 62.1 Å². The van der Waals surface area contributed by atoms with Gasteiger partial charge in [0.05, 0.1) is 23.4 Å². The molecule has 0 saturated carbocycles. The Morgan fingerprint density at radius 1 is 0.879 bits per heavy atom. The quantitative estimate of drug-likeness (QED) is 0.341. The average molecular weight is 437 g/mol. The molecule has 0 aliphatic rings. The molecule has 0 bridgehead atoms. The van der Waals surface area contributed by atoms with Gasteiger partial charge >= 0.3 is 0 Å². The second-order valence-corrected chi connectivity index (χ2v) is 7.86. The minimum atomic E-state index is 0.422. The minimum Gasteiger partial charge on any atom is -0.471 e. The zero-order valence-electron chi connectivity index (χ0n) is 18.6. The summed E-state index contributed by atoms with van der Waals surface area (Å²) in [6, 6.07) is 22.5. The fraction of sp³-hybridized carbons (Fsp3) is 0.148. The van der Waals surface area contributed by atoms with Crippen LogP contribution < -0.4 is 4.74 Å². The summed E-state index contributed by atoms with van der Waals surface area (Å²) >= 11 is 0. The van der Waals surface area contributed by atoms with Crippen molar-refractivity contribution in [1.82, 2.24) is 19.7 Å². The van der Waals surface area contributed by atoms with Crippen LogP contribution in [-0.2, 0) is 25.0 Å². The molecular weight excluding hydrogens is 412 g/mol. The molecule has 5 aromatic rings. The maximum atomic E-state index is 6.08. The van der Waals surface area contributed by atoms with E-state index < -0.39 is 0 Å². The van der Waals surface area contributed by atoms with Crippen molar-refractivity contribution in [3.63, 3.8) is 0 Å². The van der Waals surface area contributed by atoms with Crippen molar-refractivity contribution in [3.8, 4) is 28.3 Å². The summed E-state index contributed by atoms with van der Waals surface area (Å²) < 4.78 is 13.3. The number of benzene rings is 2. The van der Waals surface area contributed by atoms with Crippen molar-refractivity contribution in [2.24, 2.45) is 7.05 Å². The number of fused-ring (bicyclic) bond motifs is 1. The van der Waals surface area contributed by atoms with Gasteiger partial charge in [0.15, 0.2) is 0 Å². The monoisotopic (exact) mass is 436 g/mol. The largest absolute Gasteiger partial charge is 0.471 e. The number of aromatic nitrogens is 4. The van der Waals surface area contributed by atoms with Gasteiger partial charge in [-0.25, -0.2) is 4.98 Å². The lowest BCUT2D eigenvalue weighted by molar-refractivity contribution is 0.185. The number of ether oxygens (including phenoxy) is 2. The maximum absolute atomic E-state index is 6.08. The number of methoxy groups -OCH3 is 1. The third-order valence-electron chi connectivity index (χ3n) is 5.49. The zero-order valence-corrected chi connectivity index (χ0v) is 18.6. The molecule has 0 aliphatic heterocycles. The Labute approximate surface area is 192 Å². The Morgan fingerprint density at radius 2 is 1.67 bits per heavy atom. The van der Waals surface area contributed by atoms with E-state index in [0.717, 1.165) is 44.4 Å². The van der Waals surface area contributed by atoms with Crippen LogP contribution >= 0.6 is 0 Å². The van der Waals surface area contributed by atoms with Gasteiger partial charge in [-0.1, -0.05) is 42.5 Å². The van der Waals surface area contributed by atoms with Gasteiger partial charge in [-0.05, 0) is 35.4 Å². The lowest BCUT2D eigenvalue weighted by Gasteiger charge is -2.11. The third-order valence-corrected chi connectivity index (χ3v) is 5.49. The highest BCUT2D eigenvalue weighted by atomic mass is 16.5. The number of pyridine rings is 2. The van der Waals surface area contributed by atoms with Crippen molar-refractivity contribution >= 4 is 10.9 Å². The number of nitrogens with zero attached hydrogens (tertiary/aromatic N) is 4. The molecule has 0 amide bonds. The minimum absolute atomic E-state index is 0.422. The first-order valence-corrected chi connectivity index (χ1v) is 10.7. The van der Waals surface area contributed by atoms with E-state index in [9.17, 15) is 0 Å². The highest BCUT2D eigenvalue weighted by Gasteiger charge is 2.13. The van der Waals surface area contributed by atoms with Crippen molar-refractivity contribution < 1.29 is 9.47 Å². The van der Waals surface area contributed by atoms with Gasteiger partial charge in [-0.15, -0.1) is 5.10 Å². The lowest BCUT2D eigenvalue weighted by Crippen LogP contribution is -1.99. The standard InChI is InChI=1S/C27H24N4O2/c1-31-16-24(20-11-13-28-14-12-20)27(30-31)33-17-19-7-9-21(10-8-19)26-23(18-32-2)15-22-5-3-4-6-25(22)29-26/h3-16H,17-18H2,1-2H3. The molecule has 33 heavy (non-hydrogen) atoms. The molecule has 0 spiro atoms. The Bertz CT molecular complexity index is 1380. The van der Waals surface area contributed by atoms with Crippen molar-refractivity contribution in [2.45, 2.75) is 13.2 Å². The highest BCUT2D eigenvalue weighted by Crippen LogP contribution is 2.30. The summed E-state index contributed by atoms with van der Waals surface area (Å²) in [4.78, 5) is 8.99. The fourth-order valence-corrected chi connectivity index (χ4v) is 3.89. The average Bonchev–Trinajstić information content (AvgIpc) is 3.24. The lowest BCUT2D eigenvalue weighted by atomic mass is 10.0. The predicted octanol–water partition coefficient (Wildman–Crippen LogP) is 5.42. The molecule has 0 unspecified atom stereocenters. The van der Waals surface area contributed by atoms with Crippen LogP contribution in [0.4, 0.5) is 0 Å². The molecular formula is C27H24N4O2. The van der Waals surface area contributed by atoms with E-state index in [1.54, 1.807) is 24.2 Å². The third kappa shape index (κ3) is 4.47. The first-order chi connectivity index (χ1) is 16.2. The van der Waals surface area contributed by atoms with Gasteiger partial charge in [0.25, 0.3) is 0 Å². The summed E-state index contributed by atoms with van der Waals surface area (Å²) in [7, 11) is 3.59.